The fourth-order valence-corrected chi connectivity index (χ4v) is 3.85. The molecule has 2 amide bonds. The lowest BCUT2D eigenvalue weighted by molar-refractivity contribution is -0.119. The molecule has 1 N–H and O–H groups in total. The number of aliphatic hydroxyl groups is 1. The summed E-state index contributed by atoms with van der Waals surface area (Å²) in [5.41, 5.74) is 1.45. The number of benzene rings is 2. The van der Waals surface area contributed by atoms with Crippen LogP contribution in [0.5, 0.6) is 11.5 Å². The number of carbonyl (C=O) groups excluding carboxylic acids is 2. The van der Waals surface area contributed by atoms with Crippen LogP contribution < -0.4 is 14.4 Å². The molecule has 2 aromatic carbocycles. The zero-order valence-corrected chi connectivity index (χ0v) is 18.1. The van der Waals surface area contributed by atoms with Crippen LogP contribution in [0.15, 0.2) is 53.4 Å². The predicted molar refractivity (Wildman–Crippen MR) is 119 cm³/mol. The highest BCUT2D eigenvalue weighted by Crippen LogP contribution is 2.39. The van der Waals surface area contributed by atoms with Crippen molar-refractivity contribution in [2.75, 3.05) is 31.0 Å². The van der Waals surface area contributed by atoms with Crippen LogP contribution in [0.2, 0.25) is 0 Å². The summed E-state index contributed by atoms with van der Waals surface area (Å²) in [6, 6.07) is 13.9. The van der Waals surface area contributed by atoms with Gasteiger partial charge < -0.3 is 14.6 Å². The summed E-state index contributed by atoms with van der Waals surface area (Å²) in [6.45, 7) is 4.65. The third-order valence-electron chi connectivity index (χ3n) is 4.44. The molecule has 1 aliphatic rings. The molecule has 3 rings (SSSR count). The van der Waals surface area contributed by atoms with E-state index in [0.717, 1.165) is 4.90 Å². The van der Waals surface area contributed by atoms with Gasteiger partial charge in [-0.15, -0.1) is 11.8 Å². The normalized spacial score (nSPS) is 14.1. The van der Waals surface area contributed by atoms with Crippen LogP contribution in [0.3, 0.4) is 0 Å². The first kappa shape index (κ1) is 21.9. The molecule has 158 valence electrons. The van der Waals surface area contributed by atoms with Crippen LogP contribution in [0, 0.1) is 5.92 Å². The highest BCUT2D eigenvalue weighted by molar-refractivity contribution is 8.04. The molecule has 2 aromatic rings. The van der Waals surface area contributed by atoms with Crippen LogP contribution >= 0.6 is 11.8 Å². The first-order valence-corrected chi connectivity index (χ1v) is 10.7. The second-order valence-electron chi connectivity index (χ2n) is 7.15. The molecule has 6 nitrogen and oxygen atoms in total. The van der Waals surface area contributed by atoms with E-state index in [1.54, 1.807) is 55.6 Å². The molecule has 0 radical (unpaired) electrons. The van der Waals surface area contributed by atoms with Gasteiger partial charge in [-0.1, -0.05) is 26.0 Å². The number of amides is 2. The number of imide groups is 1. The van der Waals surface area contributed by atoms with Crippen molar-refractivity contribution < 1.29 is 24.2 Å². The molecule has 1 heterocycles. The van der Waals surface area contributed by atoms with Gasteiger partial charge in [0.1, 0.15) is 11.5 Å². The van der Waals surface area contributed by atoms with Crippen LogP contribution in [-0.2, 0) is 9.59 Å². The summed E-state index contributed by atoms with van der Waals surface area (Å²) in [5.74, 6) is 1.30. The molecule has 0 atom stereocenters. The summed E-state index contributed by atoms with van der Waals surface area (Å²) >= 11 is 1.18. The molecule has 1 aliphatic heterocycles. The Morgan fingerprint density at radius 3 is 2.17 bits per heavy atom. The number of nitrogens with zero attached hydrogens (tertiary/aromatic N) is 1. The maximum absolute atomic E-state index is 13.3. The van der Waals surface area contributed by atoms with E-state index in [2.05, 4.69) is 13.8 Å². The summed E-state index contributed by atoms with van der Waals surface area (Å²) in [4.78, 5) is 27.8. The molecule has 7 heteroatoms. The van der Waals surface area contributed by atoms with Crippen LogP contribution in [0.1, 0.15) is 19.4 Å². The number of ether oxygens (including phenoxy) is 2. The smallest absolute Gasteiger partial charge is 0.272 e. The lowest BCUT2D eigenvalue weighted by Crippen LogP contribution is -2.31. The van der Waals surface area contributed by atoms with E-state index in [1.165, 1.54) is 11.8 Å². The fraction of sp³-hybridized carbons (Fsp3) is 0.304. The van der Waals surface area contributed by atoms with Gasteiger partial charge in [-0.25, -0.2) is 4.90 Å². The molecular formula is C23H25NO5S. The SMILES string of the molecule is COc1ccc(N2C(=O)C(SCCO)=C(c3ccc(OCC(C)C)cc3)C2=O)cc1. The van der Waals surface area contributed by atoms with Crippen molar-refractivity contribution in [2.45, 2.75) is 13.8 Å². The molecule has 0 saturated carbocycles. The van der Waals surface area contributed by atoms with Crippen molar-refractivity contribution in [1.82, 2.24) is 0 Å². The van der Waals surface area contributed by atoms with Crippen molar-refractivity contribution in [3.8, 4) is 11.5 Å². The van der Waals surface area contributed by atoms with Gasteiger partial charge in [0.15, 0.2) is 0 Å². The molecule has 0 spiro atoms. The van der Waals surface area contributed by atoms with Gasteiger partial charge in [-0.2, -0.15) is 0 Å². The topological polar surface area (TPSA) is 76.1 Å². The molecule has 0 aliphatic carbocycles. The molecule has 30 heavy (non-hydrogen) atoms. The van der Waals surface area contributed by atoms with Crippen LogP contribution in [0.25, 0.3) is 5.57 Å². The number of aliphatic hydroxyl groups excluding tert-OH is 1. The van der Waals surface area contributed by atoms with E-state index in [1.807, 2.05) is 0 Å². The molecule has 0 fully saturated rings. The second-order valence-corrected chi connectivity index (χ2v) is 8.25. The zero-order valence-electron chi connectivity index (χ0n) is 17.3. The van der Waals surface area contributed by atoms with Gasteiger partial charge in [0, 0.05) is 5.75 Å². The number of methoxy groups -OCH3 is 1. The number of thioether (sulfide) groups is 1. The Balaban J connectivity index is 1.93. The van der Waals surface area contributed by atoms with Crippen molar-refractivity contribution >= 4 is 34.8 Å². The van der Waals surface area contributed by atoms with E-state index in [9.17, 15) is 14.7 Å². The summed E-state index contributed by atoms with van der Waals surface area (Å²) in [6.07, 6.45) is 0. The number of hydrogen-bond acceptors (Lipinski definition) is 6. The Kier molecular flexibility index (Phi) is 7.18. The average Bonchev–Trinajstić information content (AvgIpc) is 3.00. The average molecular weight is 428 g/mol. The first-order valence-electron chi connectivity index (χ1n) is 9.70. The number of carbonyl (C=O) groups is 2. The van der Waals surface area contributed by atoms with Gasteiger partial charge >= 0.3 is 0 Å². The minimum absolute atomic E-state index is 0.0898. The molecule has 0 saturated heterocycles. The second kappa shape index (κ2) is 9.82. The lowest BCUT2D eigenvalue weighted by Gasteiger charge is -2.15. The molecule has 0 aromatic heterocycles. The zero-order chi connectivity index (χ0) is 21.7. The lowest BCUT2D eigenvalue weighted by atomic mass is 10.1. The van der Waals surface area contributed by atoms with Gasteiger partial charge in [-0.05, 0) is 47.9 Å². The largest absolute Gasteiger partial charge is 0.497 e. The Labute approximate surface area is 180 Å². The van der Waals surface area contributed by atoms with Crippen molar-refractivity contribution in [2.24, 2.45) is 5.92 Å². The van der Waals surface area contributed by atoms with E-state index in [0.29, 0.717) is 51.5 Å². The van der Waals surface area contributed by atoms with E-state index < -0.39 is 5.91 Å². The fourth-order valence-electron chi connectivity index (χ4n) is 2.99. The quantitative estimate of drug-likeness (QED) is 0.615. The maximum atomic E-state index is 13.3. The number of anilines is 1. The monoisotopic (exact) mass is 427 g/mol. The van der Waals surface area contributed by atoms with Gasteiger partial charge in [0.25, 0.3) is 11.8 Å². The van der Waals surface area contributed by atoms with Crippen molar-refractivity contribution in [1.29, 1.82) is 0 Å². The number of rotatable bonds is 9. The maximum Gasteiger partial charge on any atom is 0.272 e. The van der Waals surface area contributed by atoms with Gasteiger partial charge in [0.2, 0.25) is 0 Å². The van der Waals surface area contributed by atoms with E-state index in [-0.39, 0.29) is 12.5 Å². The predicted octanol–water partition coefficient (Wildman–Crippen LogP) is 3.74. The Hall–Kier alpha value is -2.77. The highest BCUT2D eigenvalue weighted by Gasteiger charge is 2.40. The van der Waals surface area contributed by atoms with Crippen molar-refractivity contribution in [3.63, 3.8) is 0 Å². The van der Waals surface area contributed by atoms with Crippen LogP contribution in [-0.4, -0.2) is 43.0 Å². The minimum Gasteiger partial charge on any atom is -0.497 e. The minimum atomic E-state index is -0.390. The summed E-state index contributed by atoms with van der Waals surface area (Å²) < 4.78 is 10.9. The van der Waals surface area contributed by atoms with Crippen LogP contribution in [0.4, 0.5) is 5.69 Å². The highest BCUT2D eigenvalue weighted by atomic mass is 32.2. The summed E-state index contributed by atoms with van der Waals surface area (Å²) in [5, 5.41) is 9.23. The van der Waals surface area contributed by atoms with Crippen molar-refractivity contribution in [3.05, 3.63) is 59.0 Å². The van der Waals surface area contributed by atoms with Gasteiger partial charge in [-0.3, -0.25) is 9.59 Å². The van der Waals surface area contributed by atoms with E-state index >= 15 is 0 Å². The standard InChI is InChI=1S/C23H25NO5S/c1-15(2)14-29-19-8-4-16(5-9-19)20-21(30-13-12-25)23(27)24(22(20)26)17-6-10-18(28-3)11-7-17/h4-11,15,25H,12-14H2,1-3H3. The van der Waals surface area contributed by atoms with E-state index in [4.69, 9.17) is 9.47 Å². The van der Waals surface area contributed by atoms with Gasteiger partial charge in [0.05, 0.1) is 36.5 Å². The third-order valence-corrected chi connectivity index (χ3v) is 5.49. The Morgan fingerprint density at radius 1 is 0.967 bits per heavy atom. The summed E-state index contributed by atoms with van der Waals surface area (Å²) in [7, 11) is 1.55. The third kappa shape index (κ3) is 4.68. The molecule has 0 bridgehead atoms. The Morgan fingerprint density at radius 2 is 1.60 bits per heavy atom. The number of hydrogen-bond donors (Lipinski definition) is 1. The Bertz CT molecular complexity index is 935. The molecular weight excluding hydrogens is 402 g/mol. The molecule has 0 unspecified atom stereocenters. The first-order chi connectivity index (χ1) is 14.5.